The van der Waals surface area contributed by atoms with Crippen molar-refractivity contribution < 1.29 is 65.7 Å². The fraction of sp³-hybridized carbons (Fsp3) is 0.850. The first-order valence-corrected chi connectivity index (χ1v) is 10.6. The van der Waals surface area contributed by atoms with Crippen molar-refractivity contribution in [2.75, 3.05) is 79.4 Å². The number of aliphatic hydroxyl groups is 2. The second-order valence-corrected chi connectivity index (χ2v) is 7.03. The van der Waals surface area contributed by atoms with Gasteiger partial charge in [-0.05, 0) is 0 Å². The van der Waals surface area contributed by atoms with Crippen LogP contribution in [0, 0.1) is 0 Å². The van der Waals surface area contributed by atoms with Crippen molar-refractivity contribution in [3.8, 4) is 0 Å². The molecule has 0 heterocycles. The molecule has 2 unspecified atom stereocenters. The highest BCUT2D eigenvalue weighted by Crippen LogP contribution is 2.27. The van der Waals surface area contributed by atoms with E-state index in [0.717, 1.165) is 0 Å². The quantitative estimate of drug-likeness (QED) is 0.0699. The molecule has 208 valence electrons. The Bertz CT molecular complexity index is 560. The number of ether oxygens (including phenoxy) is 7. The summed E-state index contributed by atoms with van der Waals surface area (Å²) in [6.45, 7) is 0.809. The highest BCUT2D eigenvalue weighted by molar-refractivity contribution is 5.72. The molecule has 11 nitrogen and oxygen atoms in total. The number of nitrogens with one attached hydrogen (secondary N) is 1. The van der Waals surface area contributed by atoms with E-state index in [-0.39, 0.29) is 52.2 Å². The number of rotatable bonds is 24. The second-order valence-electron chi connectivity index (χ2n) is 7.03. The number of alkyl halides is 4. The third-order valence-corrected chi connectivity index (χ3v) is 3.47. The maximum absolute atomic E-state index is 13.5. The molecular formula is C20H35F4NO10. The highest BCUT2D eigenvalue weighted by Gasteiger charge is 2.44. The molecule has 2 atom stereocenters. The fourth-order valence-electron chi connectivity index (χ4n) is 2.11. The molecule has 15 heteroatoms. The first-order valence-electron chi connectivity index (χ1n) is 10.6. The molecular weight excluding hydrogens is 490 g/mol. The minimum Gasteiger partial charge on any atom is -0.388 e. The lowest BCUT2D eigenvalue weighted by molar-refractivity contribution is -0.396. The lowest BCUT2D eigenvalue weighted by atomic mass is 10.4. The summed E-state index contributed by atoms with van der Waals surface area (Å²) < 4.78 is 86.4. The van der Waals surface area contributed by atoms with Gasteiger partial charge in [0.05, 0.1) is 52.9 Å². The Balaban J connectivity index is 3.78. The Morgan fingerprint density at radius 3 is 1.97 bits per heavy atom. The lowest BCUT2D eigenvalue weighted by Gasteiger charge is -2.24. The van der Waals surface area contributed by atoms with Crippen LogP contribution >= 0.6 is 0 Å². The van der Waals surface area contributed by atoms with Crippen LogP contribution in [0.15, 0.2) is 12.7 Å². The molecule has 35 heavy (non-hydrogen) atoms. The third-order valence-electron chi connectivity index (χ3n) is 3.47. The van der Waals surface area contributed by atoms with Gasteiger partial charge in [-0.1, -0.05) is 6.08 Å². The van der Waals surface area contributed by atoms with E-state index in [1.165, 1.54) is 13.0 Å². The molecule has 0 aromatic heterocycles. The van der Waals surface area contributed by atoms with Crippen LogP contribution in [-0.4, -0.2) is 120 Å². The number of hydrogen-bond acceptors (Lipinski definition) is 10. The molecule has 1 amide bonds. The Morgan fingerprint density at radius 2 is 1.37 bits per heavy atom. The molecule has 0 aromatic carbocycles. The van der Waals surface area contributed by atoms with Gasteiger partial charge in [0.2, 0.25) is 5.91 Å². The third kappa shape index (κ3) is 22.8. The van der Waals surface area contributed by atoms with E-state index in [9.17, 15) is 32.6 Å². The monoisotopic (exact) mass is 525 g/mol. The standard InChI is InChI=1S/C20H35F4NO10/c1-3-5-29-9-18(28)12-33-13-19(21,22)35-20(23,24)14-34-15-32-8-7-31-11-17(27)10-30-6-4-25-16(2)26/h3,17-18,27-28H,1,4-15H2,2H3,(H,25,26). The average molecular weight is 525 g/mol. The first-order chi connectivity index (χ1) is 16.5. The van der Waals surface area contributed by atoms with Crippen molar-refractivity contribution >= 4 is 5.91 Å². The van der Waals surface area contributed by atoms with Gasteiger partial charge in [-0.3, -0.25) is 9.53 Å². The number of carbonyl (C=O) groups is 1. The van der Waals surface area contributed by atoms with Gasteiger partial charge in [0.25, 0.3) is 0 Å². The largest absolute Gasteiger partial charge is 0.388 e. The SMILES string of the molecule is C=CCOCC(O)COCC(F)(F)OC(F)(F)COCOCCOCC(O)COCCNC(C)=O. The zero-order chi connectivity index (χ0) is 26.6. The molecule has 0 fully saturated rings. The van der Waals surface area contributed by atoms with E-state index in [2.05, 4.69) is 26.1 Å². The molecule has 0 bridgehead atoms. The van der Waals surface area contributed by atoms with Crippen molar-refractivity contribution in [1.29, 1.82) is 0 Å². The fourth-order valence-corrected chi connectivity index (χ4v) is 2.11. The molecule has 0 saturated heterocycles. The molecule has 0 aromatic rings. The van der Waals surface area contributed by atoms with Gasteiger partial charge in [0.15, 0.2) is 0 Å². The van der Waals surface area contributed by atoms with Crippen LogP contribution in [0.5, 0.6) is 0 Å². The number of amides is 1. The summed E-state index contributed by atoms with van der Waals surface area (Å²) in [5.41, 5.74) is 0. The molecule has 0 saturated carbocycles. The van der Waals surface area contributed by atoms with Gasteiger partial charge >= 0.3 is 12.2 Å². The summed E-state index contributed by atoms with van der Waals surface area (Å²) in [6, 6.07) is 0. The van der Waals surface area contributed by atoms with E-state index >= 15 is 0 Å². The minimum absolute atomic E-state index is 0.000897. The molecule has 0 aliphatic rings. The molecule has 0 aliphatic heterocycles. The summed E-state index contributed by atoms with van der Waals surface area (Å²) in [7, 11) is 0. The van der Waals surface area contributed by atoms with Gasteiger partial charge < -0.3 is 44.0 Å². The van der Waals surface area contributed by atoms with E-state index < -0.39 is 51.0 Å². The second kappa shape index (κ2) is 19.7. The van der Waals surface area contributed by atoms with Crippen molar-refractivity contribution in [1.82, 2.24) is 5.32 Å². The van der Waals surface area contributed by atoms with Crippen molar-refractivity contribution in [3.63, 3.8) is 0 Å². The summed E-state index contributed by atoms with van der Waals surface area (Å²) in [5, 5.41) is 21.6. The first kappa shape index (κ1) is 33.6. The highest BCUT2D eigenvalue weighted by atomic mass is 19.3. The molecule has 3 N–H and O–H groups in total. The van der Waals surface area contributed by atoms with Crippen LogP contribution in [0.1, 0.15) is 6.92 Å². The summed E-state index contributed by atoms with van der Waals surface area (Å²) >= 11 is 0. The Hall–Kier alpha value is -1.43. The van der Waals surface area contributed by atoms with Crippen molar-refractivity contribution in [3.05, 3.63) is 12.7 Å². The van der Waals surface area contributed by atoms with Crippen LogP contribution in [0.2, 0.25) is 0 Å². The Morgan fingerprint density at radius 1 is 0.857 bits per heavy atom. The maximum Gasteiger partial charge on any atom is 0.383 e. The van der Waals surface area contributed by atoms with Gasteiger partial charge in [-0.2, -0.15) is 17.6 Å². The predicted octanol–water partition coefficient (Wildman–Crippen LogP) is 0.290. The molecule has 0 radical (unpaired) electrons. The Labute approximate surface area is 201 Å². The molecule has 0 rings (SSSR count). The van der Waals surface area contributed by atoms with Crippen LogP contribution in [0.3, 0.4) is 0 Å². The van der Waals surface area contributed by atoms with Crippen LogP contribution in [-0.2, 0) is 38.0 Å². The Kier molecular flexibility index (Phi) is 18.9. The topological polar surface area (TPSA) is 134 Å². The van der Waals surface area contributed by atoms with E-state index in [0.29, 0.717) is 6.54 Å². The smallest absolute Gasteiger partial charge is 0.383 e. The van der Waals surface area contributed by atoms with E-state index in [4.69, 9.17) is 18.9 Å². The number of hydrogen-bond donors (Lipinski definition) is 3. The zero-order valence-electron chi connectivity index (χ0n) is 19.6. The zero-order valence-corrected chi connectivity index (χ0v) is 19.6. The molecule has 0 spiro atoms. The van der Waals surface area contributed by atoms with Gasteiger partial charge in [0.1, 0.15) is 32.2 Å². The van der Waals surface area contributed by atoms with Crippen molar-refractivity contribution in [2.45, 2.75) is 31.3 Å². The van der Waals surface area contributed by atoms with Gasteiger partial charge in [0, 0.05) is 13.5 Å². The van der Waals surface area contributed by atoms with Crippen LogP contribution < -0.4 is 5.32 Å². The predicted molar refractivity (Wildman–Crippen MR) is 112 cm³/mol. The van der Waals surface area contributed by atoms with Gasteiger partial charge in [-0.25, -0.2) is 0 Å². The minimum atomic E-state index is -4.34. The average Bonchev–Trinajstić information content (AvgIpc) is 2.74. The maximum atomic E-state index is 13.5. The summed E-state index contributed by atoms with van der Waals surface area (Å²) in [6.07, 6.45) is -9.39. The number of halogens is 4. The number of aliphatic hydroxyl groups excluding tert-OH is 2. The van der Waals surface area contributed by atoms with Crippen LogP contribution in [0.25, 0.3) is 0 Å². The van der Waals surface area contributed by atoms with Gasteiger partial charge in [-0.15, -0.1) is 6.58 Å². The van der Waals surface area contributed by atoms with Crippen molar-refractivity contribution in [2.24, 2.45) is 0 Å². The van der Waals surface area contributed by atoms with Crippen LogP contribution in [0.4, 0.5) is 17.6 Å². The summed E-state index contributed by atoms with van der Waals surface area (Å²) in [5.74, 6) is -0.195. The van der Waals surface area contributed by atoms with E-state index in [1.807, 2.05) is 0 Å². The summed E-state index contributed by atoms with van der Waals surface area (Å²) in [4.78, 5) is 10.7. The van der Waals surface area contributed by atoms with E-state index in [1.54, 1.807) is 0 Å². The number of carbonyl (C=O) groups excluding carboxylic acids is 1. The normalized spacial score (nSPS) is 14.0. The lowest BCUT2D eigenvalue weighted by Crippen LogP contribution is -2.40. The molecule has 0 aliphatic carbocycles.